The second kappa shape index (κ2) is 8.74. The van der Waals surface area contributed by atoms with Crippen LogP contribution in [-0.4, -0.2) is 24.6 Å². The molecule has 0 aliphatic carbocycles. The van der Waals surface area contributed by atoms with Crippen LogP contribution in [-0.2, 0) is 16.1 Å². The number of hydrogen-bond acceptors (Lipinski definition) is 4. The number of amides is 1. The number of hydrogen-bond donors (Lipinski definition) is 0. The molecular weight excluding hydrogens is 414 g/mol. The van der Waals surface area contributed by atoms with E-state index < -0.39 is 5.60 Å². The van der Waals surface area contributed by atoms with Crippen molar-refractivity contribution in [2.75, 3.05) is 12.0 Å². The predicted octanol–water partition coefficient (Wildman–Crippen LogP) is 5.97. The first-order valence-corrected chi connectivity index (χ1v) is 11.1. The largest absolute Gasteiger partial charge is 0.497 e. The Balaban J connectivity index is 1.57. The summed E-state index contributed by atoms with van der Waals surface area (Å²) in [5.74, 6) is 0.133. The van der Waals surface area contributed by atoms with E-state index in [9.17, 15) is 9.59 Å². The number of esters is 1. The van der Waals surface area contributed by atoms with Crippen LogP contribution in [0.1, 0.15) is 55.1 Å². The molecule has 170 valence electrons. The second-order valence-corrected chi connectivity index (χ2v) is 9.30. The normalized spacial score (nSPS) is 14.1. The predicted molar refractivity (Wildman–Crippen MR) is 130 cm³/mol. The maximum Gasteiger partial charge on any atom is 0.313 e. The molecule has 1 atom stereocenters. The number of carbonyl (C=O) groups excluding carboxylic acids is 2. The van der Waals surface area contributed by atoms with Gasteiger partial charge in [0.1, 0.15) is 11.4 Å². The molecule has 1 heterocycles. The van der Waals surface area contributed by atoms with E-state index in [1.165, 1.54) is 0 Å². The lowest BCUT2D eigenvalue weighted by molar-refractivity contribution is -0.156. The van der Waals surface area contributed by atoms with Gasteiger partial charge < -0.3 is 14.4 Å². The SMILES string of the molecule is COc1ccc(-c2cccc3c2CN(c2ccc(C(C)C(=O)OC(C)(C)C)cc2)C3=O)cc1. The van der Waals surface area contributed by atoms with Crippen molar-refractivity contribution in [2.45, 2.75) is 45.8 Å². The Morgan fingerprint density at radius 3 is 2.18 bits per heavy atom. The van der Waals surface area contributed by atoms with Gasteiger partial charge in [-0.2, -0.15) is 0 Å². The molecule has 1 amide bonds. The van der Waals surface area contributed by atoms with Crippen molar-refractivity contribution < 1.29 is 19.1 Å². The van der Waals surface area contributed by atoms with Gasteiger partial charge in [-0.1, -0.05) is 36.4 Å². The Morgan fingerprint density at radius 2 is 1.58 bits per heavy atom. The fourth-order valence-corrected chi connectivity index (χ4v) is 4.05. The molecule has 1 unspecified atom stereocenters. The molecule has 5 nitrogen and oxygen atoms in total. The van der Waals surface area contributed by atoms with Crippen molar-refractivity contribution in [2.24, 2.45) is 0 Å². The second-order valence-electron chi connectivity index (χ2n) is 9.30. The fourth-order valence-electron chi connectivity index (χ4n) is 4.05. The van der Waals surface area contributed by atoms with E-state index in [1.807, 2.05) is 94.4 Å². The van der Waals surface area contributed by atoms with Crippen molar-refractivity contribution >= 4 is 17.6 Å². The Hall–Kier alpha value is -3.60. The van der Waals surface area contributed by atoms with Crippen molar-refractivity contribution in [3.05, 3.63) is 83.4 Å². The van der Waals surface area contributed by atoms with Crippen LogP contribution >= 0.6 is 0 Å². The highest BCUT2D eigenvalue weighted by molar-refractivity contribution is 6.11. The van der Waals surface area contributed by atoms with E-state index >= 15 is 0 Å². The highest BCUT2D eigenvalue weighted by Crippen LogP contribution is 2.36. The van der Waals surface area contributed by atoms with Gasteiger partial charge in [-0.15, -0.1) is 0 Å². The Kier molecular flexibility index (Phi) is 5.98. The van der Waals surface area contributed by atoms with E-state index in [0.29, 0.717) is 6.54 Å². The first-order valence-electron chi connectivity index (χ1n) is 11.1. The minimum absolute atomic E-state index is 0.0201. The van der Waals surface area contributed by atoms with Gasteiger partial charge in [0.2, 0.25) is 0 Å². The summed E-state index contributed by atoms with van der Waals surface area (Å²) in [5.41, 5.74) is 4.95. The average Bonchev–Trinajstić information content (AvgIpc) is 3.14. The molecule has 3 aromatic rings. The standard InChI is InChI=1S/C28H29NO4/c1-18(27(31)33-28(2,3)4)19-9-13-21(14-10-19)29-17-25-23(7-6-8-24(25)26(29)30)20-11-15-22(32-5)16-12-20/h6-16,18H,17H2,1-5H3. The zero-order valence-electron chi connectivity index (χ0n) is 19.7. The third-order valence-corrected chi connectivity index (χ3v) is 5.83. The molecule has 0 spiro atoms. The molecule has 3 aromatic carbocycles. The maximum absolute atomic E-state index is 13.2. The first kappa shape index (κ1) is 22.6. The van der Waals surface area contributed by atoms with Crippen LogP contribution < -0.4 is 9.64 Å². The molecule has 1 aliphatic rings. The zero-order valence-corrected chi connectivity index (χ0v) is 19.7. The maximum atomic E-state index is 13.2. The summed E-state index contributed by atoms with van der Waals surface area (Å²) >= 11 is 0. The van der Waals surface area contributed by atoms with Gasteiger partial charge in [0.05, 0.1) is 19.6 Å². The minimum atomic E-state index is -0.527. The summed E-state index contributed by atoms with van der Waals surface area (Å²) in [4.78, 5) is 27.4. The van der Waals surface area contributed by atoms with E-state index in [2.05, 4.69) is 0 Å². The van der Waals surface area contributed by atoms with Crippen LogP contribution in [0.15, 0.2) is 66.7 Å². The lowest BCUT2D eigenvalue weighted by Gasteiger charge is -2.23. The highest BCUT2D eigenvalue weighted by atomic mass is 16.6. The Morgan fingerprint density at radius 1 is 0.939 bits per heavy atom. The number of anilines is 1. The smallest absolute Gasteiger partial charge is 0.313 e. The quantitative estimate of drug-likeness (QED) is 0.456. The number of benzene rings is 3. The summed E-state index contributed by atoms with van der Waals surface area (Å²) in [7, 11) is 1.64. The van der Waals surface area contributed by atoms with E-state index in [-0.39, 0.29) is 17.8 Å². The minimum Gasteiger partial charge on any atom is -0.497 e. The van der Waals surface area contributed by atoms with Crippen molar-refractivity contribution in [3.63, 3.8) is 0 Å². The number of carbonyl (C=O) groups is 2. The monoisotopic (exact) mass is 443 g/mol. The third-order valence-electron chi connectivity index (χ3n) is 5.83. The average molecular weight is 444 g/mol. The van der Waals surface area contributed by atoms with E-state index in [4.69, 9.17) is 9.47 Å². The molecular formula is C28H29NO4. The molecule has 0 saturated carbocycles. The topological polar surface area (TPSA) is 55.8 Å². The number of rotatable bonds is 5. The molecule has 4 rings (SSSR count). The van der Waals surface area contributed by atoms with Crippen LogP contribution in [0.5, 0.6) is 5.75 Å². The van der Waals surface area contributed by atoms with Gasteiger partial charge in [0.25, 0.3) is 5.91 Å². The Bertz CT molecular complexity index is 1170. The number of fused-ring (bicyclic) bond motifs is 1. The molecule has 1 aliphatic heterocycles. The molecule has 0 fully saturated rings. The molecule has 0 aromatic heterocycles. The summed E-state index contributed by atoms with van der Waals surface area (Å²) in [6, 6.07) is 21.3. The zero-order chi connectivity index (χ0) is 23.8. The van der Waals surface area contributed by atoms with Gasteiger partial charge in [-0.05, 0) is 80.3 Å². The lowest BCUT2D eigenvalue weighted by atomic mass is 9.97. The summed E-state index contributed by atoms with van der Waals surface area (Å²) in [6.45, 7) is 7.91. The van der Waals surface area contributed by atoms with Crippen molar-refractivity contribution in [3.8, 4) is 16.9 Å². The van der Waals surface area contributed by atoms with Gasteiger partial charge in [0.15, 0.2) is 0 Å². The number of nitrogens with zero attached hydrogens (tertiary/aromatic N) is 1. The van der Waals surface area contributed by atoms with Gasteiger partial charge in [-0.25, -0.2) is 0 Å². The van der Waals surface area contributed by atoms with Gasteiger partial charge in [-0.3, -0.25) is 9.59 Å². The third kappa shape index (κ3) is 4.63. The van der Waals surface area contributed by atoms with Crippen LogP contribution in [0.4, 0.5) is 5.69 Å². The summed E-state index contributed by atoms with van der Waals surface area (Å²) < 4.78 is 10.8. The summed E-state index contributed by atoms with van der Waals surface area (Å²) in [5, 5.41) is 0. The summed E-state index contributed by atoms with van der Waals surface area (Å²) in [6.07, 6.45) is 0. The van der Waals surface area contributed by atoms with Crippen LogP contribution in [0.2, 0.25) is 0 Å². The first-order chi connectivity index (χ1) is 15.7. The number of methoxy groups -OCH3 is 1. The van der Waals surface area contributed by atoms with Crippen LogP contribution in [0, 0.1) is 0 Å². The molecule has 0 N–H and O–H groups in total. The molecule has 0 radical (unpaired) electrons. The number of ether oxygens (including phenoxy) is 2. The fraction of sp³-hybridized carbons (Fsp3) is 0.286. The van der Waals surface area contributed by atoms with Gasteiger partial charge in [0, 0.05) is 11.3 Å². The molecule has 33 heavy (non-hydrogen) atoms. The van der Waals surface area contributed by atoms with E-state index in [1.54, 1.807) is 12.0 Å². The highest BCUT2D eigenvalue weighted by Gasteiger charge is 2.31. The Labute approximate surface area is 194 Å². The van der Waals surface area contributed by atoms with E-state index in [0.717, 1.165) is 39.3 Å². The van der Waals surface area contributed by atoms with Crippen molar-refractivity contribution in [1.82, 2.24) is 0 Å². The van der Waals surface area contributed by atoms with Crippen LogP contribution in [0.3, 0.4) is 0 Å². The lowest BCUT2D eigenvalue weighted by Crippen LogP contribution is -2.27. The molecule has 5 heteroatoms. The van der Waals surface area contributed by atoms with Crippen molar-refractivity contribution in [1.29, 1.82) is 0 Å². The van der Waals surface area contributed by atoms with Crippen LogP contribution in [0.25, 0.3) is 11.1 Å². The molecule has 0 saturated heterocycles. The van der Waals surface area contributed by atoms with Gasteiger partial charge >= 0.3 is 5.97 Å². The molecule has 0 bridgehead atoms.